The van der Waals surface area contributed by atoms with Gasteiger partial charge in [-0.25, -0.2) is 14.4 Å². The third kappa shape index (κ3) is 3.08. The zero-order valence-electron chi connectivity index (χ0n) is 11.3. The monoisotopic (exact) mass is 283 g/mol. The highest BCUT2D eigenvalue weighted by Crippen LogP contribution is 2.24. The number of benzene rings is 1. The standard InChI is InChI=1S/C15H14FN5/c16-12-5-11(8-17)6-14(7-12)21-4-2-13(9-21)20-15-1-3-18-10-19-15/h1,3,5-7,10,13H,2,4,9H2,(H,18,19,20). The number of rotatable bonds is 3. The van der Waals surface area contributed by atoms with Crippen molar-refractivity contribution in [2.75, 3.05) is 23.3 Å². The van der Waals surface area contributed by atoms with Gasteiger partial charge in [-0.15, -0.1) is 0 Å². The van der Waals surface area contributed by atoms with Crippen LogP contribution >= 0.6 is 0 Å². The molecule has 2 heterocycles. The minimum atomic E-state index is -0.378. The molecule has 1 atom stereocenters. The van der Waals surface area contributed by atoms with E-state index in [4.69, 9.17) is 5.26 Å². The van der Waals surface area contributed by atoms with Crippen LogP contribution in [-0.2, 0) is 0 Å². The van der Waals surface area contributed by atoms with Gasteiger partial charge < -0.3 is 10.2 Å². The lowest BCUT2D eigenvalue weighted by molar-refractivity contribution is 0.626. The van der Waals surface area contributed by atoms with Gasteiger partial charge >= 0.3 is 0 Å². The van der Waals surface area contributed by atoms with Crippen LogP contribution in [0.25, 0.3) is 0 Å². The van der Waals surface area contributed by atoms with Crippen molar-refractivity contribution in [3.8, 4) is 6.07 Å². The maximum absolute atomic E-state index is 13.5. The van der Waals surface area contributed by atoms with Crippen LogP contribution in [0.4, 0.5) is 15.9 Å². The summed E-state index contributed by atoms with van der Waals surface area (Å²) in [6.07, 6.45) is 4.12. The topological polar surface area (TPSA) is 64.8 Å². The van der Waals surface area contributed by atoms with E-state index < -0.39 is 0 Å². The van der Waals surface area contributed by atoms with Gasteiger partial charge in [0.15, 0.2) is 0 Å². The molecule has 1 aliphatic heterocycles. The van der Waals surface area contributed by atoms with Crippen molar-refractivity contribution in [2.45, 2.75) is 12.5 Å². The molecule has 1 aromatic carbocycles. The minimum Gasteiger partial charge on any atom is -0.369 e. The maximum Gasteiger partial charge on any atom is 0.129 e. The Bertz CT molecular complexity index is 668. The van der Waals surface area contributed by atoms with E-state index in [1.54, 1.807) is 12.3 Å². The SMILES string of the molecule is N#Cc1cc(F)cc(N2CCC(Nc3ccncn3)C2)c1. The summed E-state index contributed by atoms with van der Waals surface area (Å²) >= 11 is 0. The molecule has 0 saturated carbocycles. The van der Waals surface area contributed by atoms with Crippen molar-refractivity contribution < 1.29 is 4.39 Å². The summed E-state index contributed by atoms with van der Waals surface area (Å²) in [5, 5.41) is 12.2. The number of nitriles is 1. The molecule has 1 saturated heterocycles. The van der Waals surface area contributed by atoms with Crippen molar-refractivity contribution in [3.63, 3.8) is 0 Å². The van der Waals surface area contributed by atoms with Gasteiger partial charge in [0, 0.05) is 31.0 Å². The lowest BCUT2D eigenvalue weighted by atomic mass is 10.2. The second-order valence-electron chi connectivity index (χ2n) is 4.98. The second-order valence-corrected chi connectivity index (χ2v) is 4.98. The van der Waals surface area contributed by atoms with Crippen molar-refractivity contribution in [1.29, 1.82) is 5.26 Å². The Morgan fingerprint density at radius 1 is 1.38 bits per heavy atom. The summed E-state index contributed by atoms with van der Waals surface area (Å²) in [6.45, 7) is 1.56. The predicted octanol–water partition coefficient (Wildman–Crippen LogP) is 2.18. The van der Waals surface area contributed by atoms with Crippen LogP contribution in [-0.4, -0.2) is 29.1 Å². The summed E-state index contributed by atoms with van der Waals surface area (Å²) in [6, 6.07) is 8.48. The zero-order chi connectivity index (χ0) is 14.7. The van der Waals surface area contributed by atoms with Gasteiger partial charge in [-0.2, -0.15) is 5.26 Å². The largest absolute Gasteiger partial charge is 0.369 e. The molecule has 0 aliphatic carbocycles. The van der Waals surface area contributed by atoms with E-state index in [0.717, 1.165) is 31.0 Å². The average Bonchev–Trinajstić information content (AvgIpc) is 2.96. The highest BCUT2D eigenvalue weighted by Gasteiger charge is 2.23. The molecule has 106 valence electrons. The first kappa shape index (κ1) is 13.3. The lowest BCUT2D eigenvalue weighted by Gasteiger charge is -2.19. The molecule has 3 rings (SSSR count). The van der Waals surface area contributed by atoms with Crippen molar-refractivity contribution >= 4 is 11.5 Å². The number of hydrogen-bond acceptors (Lipinski definition) is 5. The summed E-state index contributed by atoms with van der Waals surface area (Å²) in [5.74, 6) is 0.407. The summed E-state index contributed by atoms with van der Waals surface area (Å²) < 4.78 is 13.5. The molecular formula is C15H14FN5. The molecule has 6 heteroatoms. The molecule has 0 bridgehead atoms. The number of aromatic nitrogens is 2. The van der Waals surface area contributed by atoms with E-state index in [9.17, 15) is 4.39 Å². The van der Waals surface area contributed by atoms with E-state index >= 15 is 0 Å². The summed E-state index contributed by atoms with van der Waals surface area (Å²) in [7, 11) is 0. The van der Waals surface area contributed by atoms with E-state index in [-0.39, 0.29) is 11.9 Å². The number of hydrogen-bond donors (Lipinski definition) is 1. The van der Waals surface area contributed by atoms with E-state index in [1.807, 2.05) is 12.1 Å². The number of halogens is 1. The number of anilines is 2. The molecule has 1 unspecified atom stereocenters. The molecule has 5 nitrogen and oxygen atoms in total. The zero-order valence-corrected chi connectivity index (χ0v) is 11.3. The van der Waals surface area contributed by atoms with Gasteiger partial charge in [0.05, 0.1) is 11.6 Å². The Balaban J connectivity index is 1.70. The molecule has 1 N–H and O–H groups in total. The van der Waals surface area contributed by atoms with Crippen LogP contribution in [0.3, 0.4) is 0 Å². The van der Waals surface area contributed by atoms with Crippen LogP contribution in [0.1, 0.15) is 12.0 Å². The van der Waals surface area contributed by atoms with Gasteiger partial charge in [-0.1, -0.05) is 0 Å². The second kappa shape index (κ2) is 5.75. The Morgan fingerprint density at radius 2 is 2.29 bits per heavy atom. The maximum atomic E-state index is 13.5. The molecule has 1 aliphatic rings. The fourth-order valence-electron chi connectivity index (χ4n) is 2.52. The van der Waals surface area contributed by atoms with E-state index in [1.165, 1.54) is 18.5 Å². The third-order valence-electron chi connectivity index (χ3n) is 3.50. The predicted molar refractivity (Wildman–Crippen MR) is 77.4 cm³/mol. The number of nitrogens with one attached hydrogen (secondary N) is 1. The number of nitrogens with zero attached hydrogens (tertiary/aromatic N) is 4. The Morgan fingerprint density at radius 3 is 3.05 bits per heavy atom. The van der Waals surface area contributed by atoms with Crippen LogP contribution in [0, 0.1) is 17.1 Å². The van der Waals surface area contributed by atoms with Crippen molar-refractivity contribution in [3.05, 3.63) is 48.2 Å². The molecule has 1 aromatic heterocycles. The van der Waals surface area contributed by atoms with Gasteiger partial charge in [-0.05, 0) is 30.7 Å². The fraction of sp³-hybridized carbons (Fsp3) is 0.267. The first-order valence-corrected chi connectivity index (χ1v) is 6.73. The molecule has 0 amide bonds. The van der Waals surface area contributed by atoms with Crippen LogP contribution < -0.4 is 10.2 Å². The first-order valence-electron chi connectivity index (χ1n) is 6.73. The first-order chi connectivity index (χ1) is 10.2. The summed E-state index contributed by atoms with van der Waals surface area (Å²) in [4.78, 5) is 10.1. The fourth-order valence-corrected chi connectivity index (χ4v) is 2.52. The van der Waals surface area contributed by atoms with Gasteiger partial charge in [0.1, 0.15) is 18.0 Å². The van der Waals surface area contributed by atoms with Crippen LogP contribution in [0.15, 0.2) is 36.8 Å². The van der Waals surface area contributed by atoms with Crippen molar-refractivity contribution in [1.82, 2.24) is 9.97 Å². The van der Waals surface area contributed by atoms with Gasteiger partial charge in [0.25, 0.3) is 0 Å². The molecular weight excluding hydrogens is 269 g/mol. The lowest BCUT2D eigenvalue weighted by Crippen LogP contribution is -2.26. The normalized spacial score (nSPS) is 17.5. The third-order valence-corrected chi connectivity index (χ3v) is 3.50. The molecule has 0 radical (unpaired) electrons. The molecule has 1 fully saturated rings. The Labute approximate surface area is 122 Å². The molecule has 21 heavy (non-hydrogen) atoms. The smallest absolute Gasteiger partial charge is 0.129 e. The van der Waals surface area contributed by atoms with Crippen LogP contribution in [0.5, 0.6) is 0 Å². The van der Waals surface area contributed by atoms with Crippen molar-refractivity contribution in [2.24, 2.45) is 0 Å². The minimum absolute atomic E-state index is 0.244. The molecule has 2 aromatic rings. The Kier molecular flexibility index (Phi) is 3.65. The quantitative estimate of drug-likeness (QED) is 0.935. The van der Waals surface area contributed by atoms with Gasteiger partial charge in [0.2, 0.25) is 0 Å². The summed E-state index contributed by atoms with van der Waals surface area (Å²) in [5.41, 5.74) is 1.09. The highest BCUT2D eigenvalue weighted by atomic mass is 19.1. The van der Waals surface area contributed by atoms with Gasteiger partial charge in [-0.3, -0.25) is 0 Å². The van der Waals surface area contributed by atoms with E-state index in [2.05, 4.69) is 20.2 Å². The Hall–Kier alpha value is -2.68. The molecule has 0 spiro atoms. The van der Waals surface area contributed by atoms with E-state index in [0.29, 0.717) is 5.56 Å². The average molecular weight is 283 g/mol. The van der Waals surface area contributed by atoms with Crippen LogP contribution in [0.2, 0.25) is 0 Å². The highest BCUT2D eigenvalue weighted by molar-refractivity contribution is 5.53.